The van der Waals surface area contributed by atoms with E-state index in [1.807, 2.05) is 27.7 Å². The van der Waals surface area contributed by atoms with Crippen molar-refractivity contribution in [2.45, 2.75) is 98.4 Å². The van der Waals surface area contributed by atoms with E-state index in [9.17, 15) is 9.90 Å². The molecule has 1 aliphatic heterocycles. The highest BCUT2D eigenvalue weighted by molar-refractivity contribution is 5.73. The van der Waals surface area contributed by atoms with Crippen molar-refractivity contribution >= 4 is 5.97 Å². The lowest BCUT2D eigenvalue weighted by Gasteiger charge is -2.37. The maximum absolute atomic E-state index is 13.0. The second-order valence-electron chi connectivity index (χ2n) is 10.6. The number of hydrogen-bond donors (Lipinski definition) is 1. The van der Waals surface area contributed by atoms with Gasteiger partial charge in [0.15, 0.2) is 6.29 Å². The Balaban J connectivity index is 1.57. The Kier molecular flexibility index (Phi) is 6.48. The first-order valence-electron chi connectivity index (χ1n) is 11.2. The summed E-state index contributed by atoms with van der Waals surface area (Å²) >= 11 is 0. The van der Waals surface area contributed by atoms with E-state index in [4.69, 9.17) is 14.2 Å². The van der Waals surface area contributed by atoms with E-state index in [1.54, 1.807) is 0 Å². The minimum atomic E-state index is -0.920. The van der Waals surface area contributed by atoms with Crippen LogP contribution in [0.5, 0.6) is 0 Å². The lowest BCUT2D eigenvalue weighted by atomic mass is 9.68. The van der Waals surface area contributed by atoms with Gasteiger partial charge < -0.3 is 19.3 Å². The third kappa shape index (κ3) is 4.41. The van der Waals surface area contributed by atoms with Crippen LogP contribution >= 0.6 is 0 Å². The summed E-state index contributed by atoms with van der Waals surface area (Å²) in [4.78, 5) is 13.0. The molecule has 5 nitrogen and oxygen atoms in total. The molecule has 28 heavy (non-hydrogen) atoms. The summed E-state index contributed by atoms with van der Waals surface area (Å²) in [6.45, 7) is 14.5. The van der Waals surface area contributed by atoms with Gasteiger partial charge in [0.25, 0.3) is 0 Å². The van der Waals surface area contributed by atoms with Crippen LogP contribution in [0.2, 0.25) is 0 Å². The largest absolute Gasteiger partial charge is 0.436 e. The summed E-state index contributed by atoms with van der Waals surface area (Å²) in [5.74, 6) is 2.82. The number of esters is 1. The molecule has 0 radical (unpaired) electrons. The zero-order valence-corrected chi connectivity index (χ0v) is 18.7. The molecule has 0 aromatic rings. The van der Waals surface area contributed by atoms with Crippen LogP contribution in [0.15, 0.2) is 0 Å². The summed E-state index contributed by atoms with van der Waals surface area (Å²) in [5.41, 5.74) is -0.432. The molecular formula is C23H40O5. The molecule has 2 aliphatic carbocycles. The van der Waals surface area contributed by atoms with Crippen LogP contribution in [-0.4, -0.2) is 35.4 Å². The Morgan fingerprint density at radius 3 is 2.46 bits per heavy atom. The molecule has 0 spiro atoms. The van der Waals surface area contributed by atoms with Crippen LogP contribution in [0.1, 0.15) is 74.1 Å². The van der Waals surface area contributed by atoms with Gasteiger partial charge in [-0.1, -0.05) is 27.2 Å². The molecule has 9 unspecified atom stereocenters. The zero-order chi connectivity index (χ0) is 20.8. The average molecular weight is 397 g/mol. The maximum atomic E-state index is 13.0. The molecule has 3 fully saturated rings. The van der Waals surface area contributed by atoms with Gasteiger partial charge in [0, 0.05) is 12.3 Å². The van der Waals surface area contributed by atoms with Crippen LogP contribution in [0.3, 0.4) is 0 Å². The molecule has 9 atom stereocenters. The van der Waals surface area contributed by atoms with E-state index in [-0.39, 0.29) is 23.9 Å². The van der Waals surface area contributed by atoms with Gasteiger partial charge in [0.05, 0.1) is 17.6 Å². The van der Waals surface area contributed by atoms with E-state index >= 15 is 0 Å². The van der Waals surface area contributed by atoms with Crippen molar-refractivity contribution in [1.29, 1.82) is 0 Å². The summed E-state index contributed by atoms with van der Waals surface area (Å²) in [6, 6.07) is 0. The van der Waals surface area contributed by atoms with Crippen LogP contribution in [0, 0.1) is 41.4 Å². The van der Waals surface area contributed by atoms with E-state index < -0.39 is 18.2 Å². The molecule has 1 heterocycles. The number of carbonyl (C=O) groups is 1. The summed E-state index contributed by atoms with van der Waals surface area (Å²) < 4.78 is 17.3. The Morgan fingerprint density at radius 2 is 1.89 bits per heavy atom. The lowest BCUT2D eigenvalue weighted by molar-refractivity contribution is -0.198. The van der Waals surface area contributed by atoms with Gasteiger partial charge >= 0.3 is 5.97 Å². The maximum Gasteiger partial charge on any atom is 0.311 e. The number of carbonyl (C=O) groups excluding carboxylic acids is 1. The van der Waals surface area contributed by atoms with Crippen molar-refractivity contribution in [1.82, 2.24) is 0 Å². The van der Waals surface area contributed by atoms with Crippen molar-refractivity contribution in [3.63, 3.8) is 0 Å². The Bertz CT molecular complexity index is 554. The average Bonchev–Trinajstić information content (AvgIpc) is 3.24. The predicted octanol–water partition coefficient (Wildman–Crippen LogP) is 4.37. The molecular weight excluding hydrogens is 356 g/mol. The number of aliphatic hydroxyl groups is 1. The minimum Gasteiger partial charge on any atom is -0.436 e. The van der Waals surface area contributed by atoms with Crippen molar-refractivity contribution in [2.24, 2.45) is 41.4 Å². The Hall–Kier alpha value is -0.650. The third-order valence-corrected chi connectivity index (χ3v) is 7.31. The molecule has 1 N–H and O–H groups in total. The number of fused-ring (bicyclic) bond motifs is 2. The van der Waals surface area contributed by atoms with Gasteiger partial charge in [-0.2, -0.15) is 0 Å². The van der Waals surface area contributed by atoms with E-state index in [0.29, 0.717) is 30.1 Å². The number of hydrogen-bond acceptors (Lipinski definition) is 5. The van der Waals surface area contributed by atoms with Crippen LogP contribution in [0.4, 0.5) is 0 Å². The molecule has 162 valence electrons. The van der Waals surface area contributed by atoms with E-state index in [0.717, 1.165) is 12.3 Å². The summed E-state index contributed by atoms with van der Waals surface area (Å²) in [5, 5.41) is 10.4. The fourth-order valence-corrected chi connectivity index (χ4v) is 6.28. The third-order valence-electron chi connectivity index (χ3n) is 7.31. The molecule has 2 saturated carbocycles. The SMILES string of the molecule is CCC1C2CC(C(=O)OC3CC(C(O)OC(C)(C)C)C(C)O3)C(C2)C1C(C)C. The molecule has 3 rings (SSSR count). The van der Waals surface area contributed by atoms with Gasteiger partial charge in [-0.3, -0.25) is 4.79 Å². The molecule has 0 aromatic heterocycles. The first-order valence-corrected chi connectivity index (χ1v) is 11.2. The highest BCUT2D eigenvalue weighted by Crippen LogP contribution is 2.58. The second kappa shape index (κ2) is 8.23. The summed E-state index contributed by atoms with van der Waals surface area (Å²) in [6.07, 6.45) is 2.12. The van der Waals surface area contributed by atoms with Crippen LogP contribution in [0.25, 0.3) is 0 Å². The summed E-state index contributed by atoms with van der Waals surface area (Å²) in [7, 11) is 0. The molecule has 2 bridgehead atoms. The van der Waals surface area contributed by atoms with Gasteiger partial charge in [-0.15, -0.1) is 0 Å². The van der Waals surface area contributed by atoms with Gasteiger partial charge in [-0.05, 0) is 70.1 Å². The highest BCUT2D eigenvalue weighted by Gasteiger charge is 2.55. The predicted molar refractivity (Wildman–Crippen MR) is 107 cm³/mol. The van der Waals surface area contributed by atoms with Crippen LogP contribution < -0.4 is 0 Å². The first-order chi connectivity index (χ1) is 13.0. The first kappa shape index (κ1) is 22.0. The standard InChI is InChI=1S/C23H40O5/c1-8-15-14-9-17(20(15)12(2)3)18(10-14)21(24)27-19-11-16(13(4)26-19)22(25)28-23(5,6)7/h12-20,22,25H,8-11H2,1-7H3. The lowest BCUT2D eigenvalue weighted by Crippen LogP contribution is -2.37. The molecule has 0 amide bonds. The number of aliphatic hydroxyl groups excluding tert-OH is 1. The second-order valence-corrected chi connectivity index (χ2v) is 10.6. The fraction of sp³-hybridized carbons (Fsp3) is 0.957. The van der Waals surface area contributed by atoms with Crippen molar-refractivity contribution in [3.8, 4) is 0 Å². The van der Waals surface area contributed by atoms with Crippen molar-refractivity contribution in [3.05, 3.63) is 0 Å². The normalized spacial score (nSPS) is 41.6. The Morgan fingerprint density at radius 1 is 1.21 bits per heavy atom. The monoisotopic (exact) mass is 396 g/mol. The number of ether oxygens (including phenoxy) is 3. The van der Waals surface area contributed by atoms with Crippen molar-refractivity contribution in [2.75, 3.05) is 0 Å². The van der Waals surface area contributed by atoms with E-state index in [1.165, 1.54) is 12.8 Å². The van der Waals surface area contributed by atoms with Crippen LogP contribution in [-0.2, 0) is 19.0 Å². The molecule has 1 saturated heterocycles. The van der Waals surface area contributed by atoms with Gasteiger partial charge in [-0.25, -0.2) is 0 Å². The quantitative estimate of drug-likeness (QED) is 0.533. The molecule has 0 aromatic carbocycles. The Labute approximate surface area is 170 Å². The topological polar surface area (TPSA) is 65.0 Å². The van der Waals surface area contributed by atoms with Crippen molar-refractivity contribution < 1.29 is 24.1 Å². The molecule has 3 aliphatic rings. The minimum absolute atomic E-state index is 0.00825. The highest BCUT2D eigenvalue weighted by atomic mass is 16.7. The van der Waals surface area contributed by atoms with Gasteiger partial charge in [0.1, 0.15) is 0 Å². The smallest absolute Gasteiger partial charge is 0.311 e. The van der Waals surface area contributed by atoms with Gasteiger partial charge in [0.2, 0.25) is 6.29 Å². The fourth-order valence-electron chi connectivity index (χ4n) is 6.28. The van der Waals surface area contributed by atoms with E-state index in [2.05, 4.69) is 20.8 Å². The molecule has 5 heteroatoms. The zero-order valence-electron chi connectivity index (χ0n) is 18.7. The number of rotatable bonds is 6.